The Hall–Kier alpha value is -1.46. The van der Waals surface area contributed by atoms with Gasteiger partial charge in [0.2, 0.25) is 5.88 Å². The quantitative estimate of drug-likeness (QED) is 0.852. The van der Waals surface area contributed by atoms with Gasteiger partial charge in [0.1, 0.15) is 0 Å². The van der Waals surface area contributed by atoms with Crippen LogP contribution in [-0.2, 0) is 6.54 Å². The van der Waals surface area contributed by atoms with E-state index >= 15 is 0 Å². The fourth-order valence-electron chi connectivity index (χ4n) is 1.91. The predicted octanol–water partition coefficient (Wildman–Crippen LogP) is 4.62. The fourth-order valence-corrected chi connectivity index (χ4v) is 2.24. The molecule has 1 aromatic carbocycles. The van der Waals surface area contributed by atoms with E-state index in [1.165, 1.54) is 6.07 Å². The molecule has 5 heteroatoms. The lowest BCUT2D eigenvalue weighted by atomic mass is 10.1. The van der Waals surface area contributed by atoms with Gasteiger partial charge in [-0.05, 0) is 42.8 Å². The van der Waals surface area contributed by atoms with Crippen molar-refractivity contribution in [2.45, 2.75) is 26.3 Å². The SMILES string of the molecule is CNCc1cc(Oc2ccc(Br)cc2F)nc(C(C)C)c1. The average Bonchev–Trinajstić information content (AvgIpc) is 2.42. The molecule has 1 N–H and O–H groups in total. The van der Waals surface area contributed by atoms with Crippen molar-refractivity contribution in [2.75, 3.05) is 7.05 Å². The number of benzene rings is 1. The molecular weight excluding hydrogens is 335 g/mol. The minimum Gasteiger partial charge on any atom is -0.436 e. The highest BCUT2D eigenvalue weighted by Crippen LogP contribution is 2.27. The van der Waals surface area contributed by atoms with Crippen molar-refractivity contribution in [3.8, 4) is 11.6 Å². The lowest BCUT2D eigenvalue weighted by Gasteiger charge is -2.12. The lowest BCUT2D eigenvalue weighted by molar-refractivity contribution is 0.424. The van der Waals surface area contributed by atoms with Gasteiger partial charge in [0.05, 0.1) is 0 Å². The standard InChI is InChI=1S/C16H18BrFN2O/c1-10(2)14-6-11(9-19-3)7-16(20-14)21-15-5-4-12(17)8-13(15)18/h4-8,10,19H,9H2,1-3H3. The molecule has 0 aliphatic rings. The largest absolute Gasteiger partial charge is 0.436 e. The Kier molecular flexibility index (Phi) is 5.31. The zero-order valence-electron chi connectivity index (χ0n) is 12.3. The molecule has 21 heavy (non-hydrogen) atoms. The third-order valence-corrected chi connectivity index (χ3v) is 3.46. The van der Waals surface area contributed by atoms with E-state index in [1.807, 2.05) is 19.2 Å². The van der Waals surface area contributed by atoms with Gasteiger partial charge in [-0.2, -0.15) is 0 Å². The Labute approximate surface area is 132 Å². The Bertz CT molecular complexity index is 632. The summed E-state index contributed by atoms with van der Waals surface area (Å²) in [6.45, 7) is 4.84. The summed E-state index contributed by atoms with van der Waals surface area (Å²) in [6, 6.07) is 8.55. The summed E-state index contributed by atoms with van der Waals surface area (Å²) in [5.74, 6) is 0.435. The van der Waals surface area contributed by atoms with Gasteiger partial charge in [0, 0.05) is 22.8 Å². The van der Waals surface area contributed by atoms with Crippen LogP contribution in [-0.4, -0.2) is 12.0 Å². The summed E-state index contributed by atoms with van der Waals surface area (Å²) in [4.78, 5) is 4.45. The maximum atomic E-state index is 13.8. The Balaban J connectivity index is 2.33. The molecule has 0 aliphatic heterocycles. The molecule has 1 aromatic heterocycles. The first kappa shape index (κ1) is 15.9. The van der Waals surface area contributed by atoms with Gasteiger partial charge < -0.3 is 10.1 Å². The Morgan fingerprint density at radius 3 is 2.67 bits per heavy atom. The predicted molar refractivity (Wildman–Crippen MR) is 85.3 cm³/mol. The number of pyridine rings is 1. The van der Waals surface area contributed by atoms with Crippen LogP contribution in [0.4, 0.5) is 4.39 Å². The first-order valence-electron chi connectivity index (χ1n) is 6.78. The van der Waals surface area contributed by atoms with Crippen molar-refractivity contribution >= 4 is 15.9 Å². The normalized spacial score (nSPS) is 11.0. The van der Waals surface area contributed by atoms with E-state index < -0.39 is 5.82 Å². The molecule has 2 rings (SSSR count). The number of rotatable bonds is 5. The molecule has 1 heterocycles. The van der Waals surface area contributed by atoms with Crippen LogP contribution in [0.25, 0.3) is 0 Å². The fraction of sp³-hybridized carbons (Fsp3) is 0.312. The van der Waals surface area contributed by atoms with Gasteiger partial charge in [-0.15, -0.1) is 0 Å². The molecule has 2 aromatic rings. The lowest BCUT2D eigenvalue weighted by Crippen LogP contribution is -2.07. The number of nitrogens with zero attached hydrogens (tertiary/aromatic N) is 1. The molecule has 0 atom stereocenters. The number of halogens is 2. The van der Waals surface area contributed by atoms with E-state index in [1.54, 1.807) is 12.1 Å². The summed E-state index contributed by atoms with van der Waals surface area (Å²) >= 11 is 3.23. The molecule has 0 aliphatic carbocycles. The smallest absolute Gasteiger partial charge is 0.219 e. The van der Waals surface area contributed by atoms with Crippen LogP contribution in [0, 0.1) is 5.82 Å². The van der Waals surface area contributed by atoms with Crippen LogP contribution in [0.1, 0.15) is 31.0 Å². The molecule has 0 saturated heterocycles. The Morgan fingerprint density at radius 1 is 1.29 bits per heavy atom. The molecule has 0 bridgehead atoms. The third-order valence-electron chi connectivity index (χ3n) is 2.96. The summed E-state index contributed by atoms with van der Waals surface area (Å²) in [5, 5.41) is 3.10. The van der Waals surface area contributed by atoms with E-state index in [2.05, 4.69) is 40.1 Å². The van der Waals surface area contributed by atoms with Gasteiger partial charge in [-0.25, -0.2) is 9.37 Å². The van der Waals surface area contributed by atoms with Crippen molar-refractivity contribution in [3.05, 3.63) is 51.9 Å². The summed E-state index contributed by atoms with van der Waals surface area (Å²) in [5.41, 5.74) is 1.99. The minimum absolute atomic E-state index is 0.169. The summed E-state index contributed by atoms with van der Waals surface area (Å²) in [6.07, 6.45) is 0. The van der Waals surface area contributed by atoms with Crippen molar-refractivity contribution in [3.63, 3.8) is 0 Å². The number of nitrogens with one attached hydrogen (secondary N) is 1. The highest BCUT2D eigenvalue weighted by atomic mass is 79.9. The second kappa shape index (κ2) is 7.00. The molecule has 0 saturated carbocycles. The number of aromatic nitrogens is 1. The van der Waals surface area contributed by atoms with Gasteiger partial charge in [0.25, 0.3) is 0 Å². The highest BCUT2D eigenvalue weighted by molar-refractivity contribution is 9.10. The molecule has 0 radical (unpaired) electrons. The number of ether oxygens (including phenoxy) is 1. The van der Waals surface area contributed by atoms with E-state index in [4.69, 9.17) is 4.74 Å². The maximum Gasteiger partial charge on any atom is 0.219 e. The molecule has 0 fully saturated rings. The summed E-state index contributed by atoms with van der Waals surface area (Å²) < 4.78 is 20.1. The van der Waals surface area contributed by atoms with Crippen LogP contribution in [0.3, 0.4) is 0 Å². The number of hydrogen-bond acceptors (Lipinski definition) is 3. The molecular formula is C16H18BrFN2O. The second-order valence-electron chi connectivity index (χ2n) is 5.10. The monoisotopic (exact) mass is 352 g/mol. The van der Waals surface area contributed by atoms with Crippen molar-refractivity contribution < 1.29 is 9.13 Å². The van der Waals surface area contributed by atoms with Gasteiger partial charge in [0.15, 0.2) is 11.6 Å². The van der Waals surface area contributed by atoms with E-state index in [0.29, 0.717) is 16.9 Å². The van der Waals surface area contributed by atoms with Crippen LogP contribution in [0.5, 0.6) is 11.6 Å². The van der Waals surface area contributed by atoms with Crippen molar-refractivity contribution in [1.29, 1.82) is 0 Å². The van der Waals surface area contributed by atoms with E-state index in [0.717, 1.165) is 11.3 Å². The molecule has 0 unspecified atom stereocenters. The topological polar surface area (TPSA) is 34.1 Å². The van der Waals surface area contributed by atoms with E-state index in [-0.39, 0.29) is 11.7 Å². The Morgan fingerprint density at radius 2 is 2.05 bits per heavy atom. The van der Waals surface area contributed by atoms with Crippen LogP contribution in [0.2, 0.25) is 0 Å². The molecule has 112 valence electrons. The molecule has 0 amide bonds. The highest BCUT2D eigenvalue weighted by Gasteiger charge is 2.10. The average molecular weight is 353 g/mol. The second-order valence-corrected chi connectivity index (χ2v) is 6.02. The third kappa shape index (κ3) is 4.25. The molecule has 3 nitrogen and oxygen atoms in total. The van der Waals surface area contributed by atoms with Crippen LogP contribution >= 0.6 is 15.9 Å². The first-order valence-corrected chi connectivity index (χ1v) is 7.57. The van der Waals surface area contributed by atoms with E-state index in [9.17, 15) is 4.39 Å². The maximum absolute atomic E-state index is 13.8. The van der Waals surface area contributed by atoms with Crippen LogP contribution in [0.15, 0.2) is 34.8 Å². The zero-order valence-corrected chi connectivity index (χ0v) is 13.9. The minimum atomic E-state index is -0.420. The first-order chi connectivity index (χ1) is 9.99. The zero-order chi connectivity index (χ0) is 15.4. The molecule has 0 spiro atoms. The summed E-state index contributed by atoms with van der Waals surface area (Å²) in [7, 11) is 1.88. The number of hydrogen-bond donors (Lipinski definition) is 1. The van der Waals surface area contributed by atoms with Gasteiger partial charge in [-0.3, -0.25) is 0 Å². The van der Waals surface area contributed by atoms with Crippen molar-refractivity contribution in [1.82, 2.24) is 10.3 Å². The van der Waals surface area contributed by atoms with Gasteiger partial charge >= 0.3 is 0 Å². The van der Waals surface area contributed by atoms with Gasteiger partial charge in [-0.1, -0.05) is 29.8 Å². The van der Waals surface area contributed by atoms with Crippen molar-refractivity contribution in [2.24, 2.45) is 0 Å². The van der Waals surface area contributed by atoms with Crippen LogP contribution < -0.4 is 10.1 Å².